The van der Waals surface area contributed by atoms with Crippen molar-refractivity contribution >= 4 is 23.0 Å². The molecule has 3 aromatic carbocycles. The minimum atomic E-state index is -0.369. The summed E-state index contributed by atoms with van der Waals surface area (Å²) in [4.78, 5) is 12.6. The second-order valence-electron chi connectivity index (χ2n) is 5.47. The highest BCUT2D eigenvalue weighted by Crippen LogP contribution is 2.23. The number of aryl methyl sites for hydroxylation is 1. The van der Waals surface area contributed by atoms with E-state index in [-0.39, 0.29) is 11.7 Å². The predicted molar refractivity (Wildman–Crippen MR) is 95.3 cm³/mol. The lowest BCUT2D eigenvalue weighted by Crippen LogP contribution is -2.14. The molecule has 3 rings (SSSR count). The maximum Gasteiger partial charge on any atom is 0.257 e. The maximum atomic E-state index is 13.8. The molecule has 24 heavy (non-hydrogen) atoms. The molecule has 120 valence electrons. The van der Waals surface area contributed by atoms with Gasteiger partial charge in [0, 0.05) is 5.69 Å². The molecule has 0 saturated carbocycles. The quantitative estimate of drug-likeness (QED) is 0.699. The third-order valence-electron chi connectivity index (χ3n) is 3.62. The van der Waals surface area contributed by atoms with E-state index in [2.05, 4.69) is 10.6 Å². The molecule has 0 aromatic heterocycles. The predicted octanol–water partition coefficient (Wildman–Crippen LogP) is 5.13. The second kappa shape index (κ2) is 6.96. The number of benzene rings is 3. The summed E-state index contributed by atoms with van der Waals surface area (Å²) in [5.74, 6) is -0.621. The highest BCUT2D eigenvalue weighted by atomic mass is 19.1. The molecule has 0 fully saturated rings. The van der Waals surface area contributed by atoms with Gasteiger partial charge in [-0.15, -0.1) is 0 Å². The smallest absolute Gasteiger partial charge is 0.257 e. The van der Waals surface area contributed by atoms with Gasteiger partial charge in [0.1, 0.15) is 5.82 Å². The molecular weight excluding hydrogens is 303 g/mol. The largest absolute Gasteiger partial charge is 0.352 e. The first-order chi connectivity index (χ1) is 11.6. The van der Waals surface area contributed by atoms with Crippen LogP contribution in [-0.4, -0.2) is 5.91 Å². The van der Waals surface area contributed by atoms with Gasteiger partial charge in [0.05, 0.1) is 16.9 Å². The van der Waals surface area contributed by atoms with Crippen LogP contribution in [0.3, 0.4) is 0 Å². The van der Waals surface area contributed by atoms with Crippen molar-refractivity contribution in [1.29, 1.82) is 0 Å². The number of nitrogens with one attached hydrogen (secondary N) is 2. The number of anilines is 3. The van der Waals surface area contributed by atoms with Crippen molar-refractivity contribution < 1.29 is 9.18 Å². The van der Waals surface area contributed by atoms with Gasteiger partial charge in [0.15, 0.2) is 0 Å². The molecule has 0 spiro atoms. The molecule has 0 saturated heterocycles. The summed E-state index contributed by atoms with van der Waals surface area (Å²) in [5.41, 5.74) is 3.16. The van der Waals surface area contributed by atoms with E-state index in [1.807, 2.05) is 31.2 Å². The summed E-state index contributed by atoms with van der Waals surface area (Å²) >= 11 is 0. The normalized spacial score (nSPS) is 10.2. The Kier molecular flexibility index (Phi) is 4.57. The van der Waals surface area contributed by atoms with Crippen LogP contribution >= 0.6 is 0 Å². The Morgan fingerprint density at radius 1 is 0.833 bits per heavy atom. The first-order valence-electron chi connectivity index (χ1n) is 7.62. The summed E-state index contributed by atoms with van der Waals surface area (Å²) in [5, 5.41) is 5.83. The highest BCUT2D eigenvalue weighted by molar-refractivity contribution is 6.08. The fourth-order valence-electron chi connectivity index (χ4n) is 2.33. The number of halogens is 1. The average molecular weight is 320 g/mol. The zero-order valence-corrected chi connectivity index (χ0v) is 13.2. The Balaban J connectivity index is 1.84. The summed E-state index contributed by atoms with van der Waals surface area (Å²) in [6.07, 6.45) is 0. The minimum Gasteiger partial charge on any atom is -0.352 e. The first-order valence-corrected chi connectivity index (χ1v) is 7.62. The summed E-state index contributed by atoms with van der Waals surface area (Å²) in [7, 11) is 0. The number of carbonyl (C=O) groups is 1. The fraction of sp³-hybridized carbons (Fsp3) is 0.0500. The van der Waals surface area contributed by atoms with E-state index in [1.165, 1.54) is 6.07 Å². The first kappa shape index (κ1) is 15.7. The monoisotopic (exact) mass is 320 g/mol. The Bertz CT molecular complexity index is 860. The zero-order valence-electron chi connectivity index (χ0n) is 13.2. The third-order valence-corrected chi connectivity index (χ3v) is 3.62. The van der Waals surface area contributed by atoms with Crippen LogP contribution in [0.5, 0.6) is 0 Å². The number of hydrogen-bond donors (Lipinski definition) is 2. The Hall–Kier alpha value is -3.14. The third kappa shape index (κ3) is 3.60. The van der Waals surface area contributed by atoms with E-state index in [4.69, 9.17) is 0 Å². The Labute approximate surface area is 140 Å². The van der Waals surface area contributed by atoms with Crippen LogP contribution in [0.15, 0.2) is 72.8 Å². The number of hydrogen-bond acceptors (Lipinski definition) is 2. The lowest BCUT2D eigenvalue weighted by Gasteiger charge is -2.13. The summed E-state index contributed by atoms with van der Waals surface area (Å²) in [6, 6.07) is 20.9. The molecule has 0 unspecified atom stereocenters. The summed E-state index contributed by atoms with van der Waals surface area (Å²) in [6.45, 7) is 1.99. The van der Waals surface area contributed by atoms with Gasteiger partial charge >= 0.3 is 0 Å². The molecule has 0 aliphatic carbocycles. The van der Waals surface area contributed by atoms with Gasteiger partial charge < -0.3 is 10.6 Å². The lowest BCUT2D eigenvalue weighted by molar-refractivity contribution is 0.102. The van der Waals surface area contributed by atoms with E-state index in [0.717, 1.165) is 5.56 Å². The SMILES string of the molecule is Cc1ccc(NC(=O)c2ccccc2Nc2ccccc2F)cc1. The molecule has 3 nitrogen and oxygen atoms in total. The van der Waals surface area contributed by atoms with Crippen molar-refractivity contribution in [3.8, 4) is 0 Å². The Morgan fingerprint density at radius 3 is 2.17 bits per heavy atom. The number of rotatable bonds is 4. The van der Waals surface area contributed by atoms with E-state index in [9.17, 15) is 9.18 Å². The second-order valence-corrected chi connectivity index (χ2v) is 5.47. The molecule has 3 aromatic rings. The molecule has 2 N–H and O–H groups in total. The van der Waals surface area contributed by atoms with E-state index < -0.39 is 0 Å². The Morgan fingerprint density at radius 2 is 1.46 bits per heavy atom. The number of para-hydroxylation sites is 2. The molecule has 0 aliphatic rings. The molecule has 0 bridgehead atoms. The number of amides is 1. The molecule has 0 heterocycles. The maximum absolute atomic E-state index is 13.8. The van der Waals surface area contributed by atoms with Crippen LogP contribution in [0, 0.1) is 12.7 Å². The number of carbonyl (C=O) groups excluding carboxylic acids is 1. The van der Waals surface area contributed by atoms with Gasteiger partial charge in [-0.1, -0.05) is 42.0 Å². The molecule has 1 amide bonds. The fourth-order valence-corrected chi connectivity index (χ4v) is 2.33. The van der Waals surface area contributed by atoms with Crippen LogP contribution in [0.2, 0.25) is 0 Å². The van der Waals surface area contributed by atoms with Crippen molar-refractivity contribution in [2.24, 2.45) is 0 Å². The van der Waals surface area contributed by atoms with Gasteiger partial charge in [0.25, 0.3) is 5.91 Å². The van der Waals surface area contributed by atoms with Gasteiger partial charge in [-0.3, -0.25) is 4.79 Å². The molecular formula is C20H17FN2O. The van der Waals surface area contributed by atoms with Crippen LogP contribution < -0.4 is 10.6 Å². The molecule has 0 aliphatic heterocycles. The van der Waals surface area contributed by atoms with Crippen LogP contribution in [-0.2, 0) is 0 Å². The molecule has 0 radical (unpaired) electrons. The highest BCUT2D eigenvalue weighted by Gasteiger charge is 2.12. The van der Waals surface area contributed by atoms with E-state index in [1.54, 1.807) is 42.5 Å². The van der Waals surface area contributed by atoms with Crippen molar-refractivity contribution in [2.75, 3.05) is 10.6 Å². The van der Waals surface area contributed by atoms with Gasteiger partial charge in [-0.2, -0.15) is 0 Å². The van der Waals surface area contributed by atoms with E-state index >= 15 is 0 Å². The van der Waals surface area contributed by atoms with Crippen LogP contribution in [0.25, 0.3) is 0 Å². The van der Waals surface area contributed by atoms with Crippen molar-refractivity contribution in [2.45, 2.75) is 6.92 Å². The van der Waals surface area contributed by atoms with E-state index in [0.29, 0.717) is 22.6 Å². The standard InChI is InChI=1S/C20H17FN2O/c1-14-10-12-15(13-11-14)22-20(24)16-6-2-4-8-18(16)23-19-9-5-3-7-17(19)21/h2-13,23H,1H3,(H,22,24). The van der Waals surface area contributed by atoms with Gasteiger partial charge in [0.2, 0.25) is 0 Å². The van der Waals surface area contributed by atoms with Crippen molar-refractivity contribution in [3.05, 3.63) is 89.7 Å². The van der Waals surface area contributed by atoms with Crippen molar-refractivity contribution in [1.82, 2.24) is 0 Å². The average Bonchev–Trinajstić information content (AvgIpc) is 2.59. The molecule has 4 heteroatoms. The van der Waals surface area contributed by atoms with Crippen molar-refractivity contribution in [3.63, 3.8) is 0 Å². The van der Waals surface area contributed by atoms with Crippen LogP contribution in [0.1, 0.15) is 15.9 Å². The summed E-state index contributed by atoms with van der Waals surface area (Å²) < 4.78 is 13.8. The molecule has 0 atom stereocenters. The van der Waals surface area contributed by atoms with Gasteiger partial charge in [-0.25, -0.2) is 4.39 Å². The lowest BCUT2D eigenvalue weighted by atomic mass is 10.1. The zero-order chi connectivity index (χ0) is 16.9. The topological polar surface area (TPSA) is 41.1 Å². The van der Waals surface area contributed by atoms with Gasteiger partial charge in [-0.05, 0) is 43.3 Å². The van der Waals surface area contributed by atoms with Crippen LogP contribution in [0.4, 0.5) is 21.5 Å². The minimum absolute atomic E-state index is 0.252.